The van der Waals surface area contributed by atoms with E-state index in [0.29, 0.717) is 18.1 Å². The molecule has 1 aliphatic rings. The lowest BCUT2D eigenvalue weighted by Gasteiger charge is -2.26. The number of aromatic nitrogens is 2. The lowest BCUT2D eigenvalue weighted by molar-refractivity contribution is -0.122. The number of carbonyl (C=O) groups is 1. The first kappa shape index (κ1) is 11.6. The molecule has 1 amide bonds. The summed E-state index contributed by atoms with van der Waals surface area (Å²) in [5, 5.41) is 9.96. The predicted octanol–water partition coefficient (Wildman–Crippen LogP) is 1.23. The van der Waals surface area contributed by atoms with E-state index in [9.17, 15) is 4.79 Å². The number of fused-ring (bicyclic) bond motifs is 1. The lowest BCUT2D eigenvalue weighted by Crippen LogP contribution is -2.41. The highest BCUT2D eigenvalue weighted by Gasteiger charge is 2.26. The number of ether oxygens (including phenoxy) is 1. The van der Waals surface area contributed by atoms with Crippen LogP contribution in [0.5, 0.6) is 5.75 Å². The minimum absolute atomic E-state index is 0.189. The smallest absolute Gasteiger partial charge is 0.268 e. The summed E-state index contributed by atoms with van der Waals surface area (Å²) in [7, 11) is 1.77. The van der Waals surface area contributed by atoms with Crippen LogP contribution in [0, 0.1) is 0 Å². The highest BCUT2D eigenvalue weighted by molar-refractivity contribution is 5.94. The van der Waals surface area contributed by atoms with Crippen molar-refractivity contribution in [3.05, 3.63) is 36.5 Å². The van der Waals surface area contributed by atoms with Gasteiger partial charge in [-0.3, -0.25) is 9.48 Å². The third-order valence-electron chi connectivity index (χ3n) is 3.00. The summed E-state index contributed by atoms with van der Waals surface area (Å²) >= 11 is 0. The zero-order chi connectivity index (χ0) is 13.2. The number of aryl methyl sites for hydroxylation is 1. The van der Waals surface area contributed by atoms with Gasteiger partial charge in [0.05, 0.1) is 18.4 Å². The maximum absolute atomic E-state index is 12.1. The summed E-state index contributed by atoms with van der Waals surface area (Å²) in [6.45, 7) is 0.445. The van der Waals surface area contributed by atoms with Gasteiger partial charge in [0.25, 0.3) is 5.91 Å². The number of benzene rings is 1. The molecule has 2 N–H and O–H groups in total. The van der Waals surface area contributed by atoms with Crippen molar-refractivity contribution < 1.29 is 9.53 Å². The third-order valence-corrected chi connectivity index (χ3v) is 3.00. The lowest BCUT2D eigenvalue weighted by atomic mass is 10.2. The van der Waals surface area contributed by atoms with E-state index in [2.05, 4.69) is 15.7 Å². The molecule has 1 aromatic carbocycles. The molecule has 98 valence electrons. The normalized spacial score (nSPS) is 17.0. The molecule has 6 nitrogen and oxygen atoms in total. The fraction of sp³-hybridized carbons (Fsp3) is 0.231. The summed E-state index contributed by atoms with van der Waals surface area (Å²) in [6.07, 6.45) is 1.08. The molecule has 3 rings (SSSR count). The van der Waals surface area contributed by atoms with Gasteiger partial charge in [0.15, 0.2) is 6.10 Å². The fourth-order valence-electron chi connectivity index (χ4n) is 1.96. The summed E-state index contributed by atoms with van der Waals surface area (Å²) < 4.78 is 7.28. The minimum Gasteiger partial charge on any atom is -0.477 e. The Hall–Kier alpha value is -2.50. The van der Waals surface area contributed by atoms with Gasteiger partial charge in [-0.1, -0.05) is 12.1 Å². The van der Waals surface area contributed by atoms with Crippen LogP contribution in [0.4, 0.5) is 11.5 Å². The van der Waals surface area contributed by atoms with Crippen LogP contribution in [0.25, 0.3) is 0 Å². The molecular weight excluding hydrogens is 244 g/mol. The van der Waals surface area contributed by atoms with E-state index in [1.807, 2.05) is 24.3 Å². The van der Waals surface area contributed by atoms with Gasteiger partial charge in [0.2, 0.25) is 0 Å². The van der Waals surface area contributed by atoms with Gasteiger partial charge >= 0.3 is 0 Å². The molecule has 2 heterocycles. The monoisotopic (exact) mass is 258 g/mol. The third kappa shape index (κ3) is 2.24. The number of nitrogens with one attached hydrogen (secondary N) is 2. The molecule has 2 aromatic rings. The van der Waals surface area contributed by atoms with E-state index in [4.69, 9.17) is 4.74 Å². The Morgan fingerprint density at radius 2 is 2.32 bits per heavy atom. The first-order valence-electron chi connectivity index (χ1n) is 6.02. The van der Waals surface area contributed by atoms with Gasteiger partial charge in [-0.05, 0) is 12.1 Å². The van der Waals surface area contributed by atoms with E-state index in [-0.39, 0.29) is 5.91 Å². The quantitative estimate of drug-likeness (QED) is 0.850. The van der Waals surface area contributed by atoms with Crippen LogP contribution >= 0.6 is 0 Å². The number of rotatable bonds is 2. The Balaban J connectivity index is 1.71. The molecule has 0 radical (unpaired) electrons. The Morgan fingerprint density at radius 1 is 1.47 bits per heavy atom. The number of anilines is 2. The van der Waals surface area contributed by atoms with E-state index in [0.717, 1.165) is 5.69 Å². The molecule has 1 aliphatic heterocycles. The molecule has 0 fully saturated rings. The van der Waals surface area contributed by atoms with Crippen LogP contribution in [-0.2, 0) is 11.8 Å². The first-order valence-corrected chi connectivity index (χ1v) is 6.02. The van der Waals surface area contributed by atoms with E-state index in [1.165, 1.54) is 0 Å². The van der Waals surface area contributed by atoms with Gasteiger partial charge in [0.1, 0.15) is 11.6 Å². The van der Waals surface area contributed by atoms with Crippen LogP contribution in [0.15, 0.2) is 36.5 Å². The Morgan fingerprint density at radius 3 is 3.11 bits per heavy atom. The summed E-state index contributed by atoms with van der Waals surface area (Å²) in [5.41, 5.74) is 0.909. The van der Waals surface area contributed by atoms with Crippen molar-refractivity contribution >= 4 is 17.4 Å². The topological polar surface area (TPSA) is 68.2 Å². The number of nitrogens with zero attached hydrogens (tertiary/aromatic N) is 2. The van der Waals surface area contributed by atoms with Crippen molar-refractivity contribution in [3.63, 3.8) is 0 Å². The van der Waals surface area contributed by atoms with Crippen LogP contribution in [-0.4, -0.2) is 28.3 Å². The van der Waals surface area contributed by atoms with Gasteiger partial charge in [0, 0.05) is 13.1 Å². The van der Waals surface area contributed by atoms with Crippen LogP contribution in [0.2, 0.25) is 0 Å². The van der Waals surface area contributed by atoms with Gasteiger partial charge in [-0.15, -0.1) is 0 Å². The molecule has 19 heavy (non-hydrogen) atoms. The summed E-state index contributed by atoms with van der Waals surface area (Å²) in [5.74, 6) is 1.15. The second-order valence-corrected chi connectivity index (χ2v) is 4.31. The van der Waals surface area contributed by atoms with Gasteiger partial charge in [-0.25, -0.2) is 0 Å². The Bertz CT molecular complexity index is 608. The average Bonchev–Trinajstić information content (AvgIpc) is 2.84. The molecule has 0 aliphatic carbocycles. The van der Waals surface area contributed by atoms with Crippen molar-refractivity contribution in [1.29, 1.82) is 0 Å². The second-order valence-electron chi connectivity index (χ2n) is 4.31. The van der Waals surface area contributed by atoms with E-state index >= 15 is 0 Å². The number of carbonyl (C=O) groups excluding carboxylic acids is 1. The standard InChI is InChI=1S/C13H14N4O2/c1-17-12(6-7-15-17)16-13(18)11-8-14-9-4-2-3-5-10(9)19-11/h2-7,11,14H,8H2,1H3,(H,16,18). The number of para-hydroxylation sites is 2. The molecule has 1 aromatic heterocycles. The summed E-state index contributed by atoms with van der Waals surface area (Å²) in [6, 6.07) is 9.30. The highest BCUT2D eigenvalue weighted by Crippen LogP contribution is 2.28. The molecule has 1 unspecified atom stereocenters. The largest absolute Gasteiger partial charge is 0.477 e. The van der Waals surface area contributed by atoms with Crippen LogP contribution < -0.4 is 15.4 Å². The van der Waals surface area contributed by atoms with Crippen LogP contribution in [0.1, 0.15) is 0 Å². The minimum atomic E-state index is -0.551. The van der Waals surface area contributed by atoms with Crippen molar-refractivity contribution in [2.45, 2.75) is 6.10 Å². The van der Waals surface area contributed by atoms with Crippen molar-refractivity contribution in [3.8, 4) is 5.75 Å². The second kappa shape index (κ2) is 4.64. The SMILES string of the molecule is Cn1nccc1NC(=O)C1CNc2ccccc2O1. The van der Waals surface area contributed by atoms with E-state index < -0.39 is 6.10 Å². The van der Waals surface area contributed by atoms with E-state index in [1.54, 1.807) is 24.0 Å². The number of amides is 1. The molecule has 0 bridgehead atoms. The molecule has 0 saturated carbocycles. The average molecular weight is 258 g/mol. The van der Waals surface area contributed by atoms with Crippen LogP contribution in [0.3, 0.4) is 0 Å². The number of hydrogen-bond donors (Lipinski definition) is 2. The maximum Gasteiger partial charge on any atom is 0.268 e. The van der Waals surface area contributed by atoms with Gasteiger partial charge < -0.3 is 15.4 Å². The predicted molar refractivity (Wildman–Crippen MR) is 71.2 cm³/mol. The maximum atomic E-state index is 12.1. The Kier molecular flexibility index (Phi) is 2.83. The fourth-order valence-corrected chi connectivity index (χ4v) is 1.96. The molecular formula is C13H14N4O2. The molecule has 0 saturated heterocycles. The van der Waals surface area contributed by atoms with Crippen molar-refractivity contribution in [2.24, 2.45) is 7.05 Å². The zero-order valence-corrected chi connectivity index (χ0v) is 10.5. The van der Waals surface area contributed by atoms with Crippen molar-refractivity contribution in [1.82, 2.24) is 9.78 Å². The molecule has 0 spiro atoms. The number of hydrogen-bond acceptors (Lipinski definition) is 4. The van der Waals surface area contributed by atoms with Crippen molar-refractivity contribution in [2.75, 3.05) is 17.2 Å². The summed E-state index contributed by atoms with van der Waals surface area (Å²) in [4.78, 5) is 12.1. The van der Waals surface area contributed by atoms with Gasteiger partial charge in [-0.2, -0.15) is 5.10 Å². The highest BCUT2D eigenvalue weighted by atomic mass is 16.5. The Labute approximate surface area is 110 Å². The first-order chi connectivity index (χ1) is 9.24. The molecule has 1 atom stereocenters. The molecule has 6 heteroatoms. The zero-order valence-electron chi connectivity index (χ0n) is 10.5.